The summed E-state index contributed by atoms with van der Waals surface area (Å²) in [5.74, 6) is 0.193. The normalized spacial score (nSPS) is 13.6. The zero-order valence-electron chi connectivity index (χ0n) is 8.74. The molecule has 1 aromatic carbocycles. The van der Waals surface area contributed by atoms with E-state index in [1.54, 1.807) is 6.07 Å². The first kappa shape index (κ1) is 13.1. The van der Waals surface area contributed by atoms with E-state index in [9.17, 15) is 0 Å². The van der Waals surface area contributed by atoms with Crippen LogP contribution in [0.1, 0.15) is 13.3 Å². The fourth-order valence-corrected chi connectivity index (χ4v) is 1.84. The number of hydrogen-bond acceptors (Lipinski definition) is 3. The topological polar surface area (TPSA) is 70.6 Å². The molecule has 88 valence electrons. The maximum Gasteiger partial charge on any atom is 0.141 e. The van der Waals surface area contributed by atoms with Gasteiger partial charge in [-0.05, 0) is 35.0 Å². The lowest BCUT2D eigenvalue weighted by Crippen LogP contribution is -2.24. The van der Waals surface area contributed by atoms with Crippen molar-refractivity contribution in [2.45, 2.75) is 19.4 Å². The number of anilines is 1. The summed E-state index contributed by atoms with van der Waals surface area (Å²) in [6.45, 7) is 1.94. The van der Waals surface area contributed by atoms with E-state index in [1.165, 1.54) is 0 Å². The van der Waals surface area contributed by atoms with Crippen LogP contribution < -0.4 is 11.1 Å². The van der Waals surface area contributed by atoms with Crippen LogP contribution in [0.25, 0.3) is 0 Å². The van der Waals surface area contributed by atoms with Gasteiger partial charge in [-0.25, -0.2) is 0 Å². The van der Waals surface area contributed by atoms with Crippen LogP contribution in [0.2, 0.25) is 5.02 Å². The lowest BCUT2D eigenvalue weighted by atomic mass is 10.2. The monoisotopic (exact) mass is 305 g/mol. The van der Waals surface area contributed by atoms with E-state index in [0.717, 1.165) is 10.2 Å². The lowest BCUT2D eigenvalue weighted by Gasteiger charge is -2.16. The maximum absolute atomic E-state index is 8.45. The average molecular weight is 307 g/mol. The predicted molar refractivity (Wildman–Crippen MR) is 70.3 cm³/mol. The van der Waals surface area contributed by atoms with E-state index < -0.39 is 0 Å². The fraction of sp³-hybridized carbons (Fsp3) is 0.300. The Balaban J connectivity index is 2.70. The number of nitrogens with one attached hydrogen (secondary N) is 1. The van der Waals surface area contributed by atoms with Gasteiger partial charge in [0.15, 0.2) is 0 Å². The fourth-order valence-electron chi connectivity index (χ4n) is 1.29. The number of amidine groups is 1. The molecule has 0 radical (unpaired) electrons. The Bertz CT molecular complexity index is 398. The van der Waals surface area contributed by atoms with Crippen molar-refractivity contribution in [1.82, 2.24) is 0 Å². The van der Waals surface area contributed by atoms with Crippen molar-refractivity contribution in [3.63, 3.8) is 0 Å². The molecule has 1 unspecified atom stereocenters. The number of rotatable bonds is 4. The Kier molecular flexibility index (Phi) is 4.89. The van der Waals surface area contributed by atoms with E-state index in [4.69, 9.17) is 22.5 Å². The summed E-state index contributed by atoms with van der Waals surface area (Å²) in [5.41, 5.74) is 6.30. The summed E-state index contributed by atoms with van der Waals surface area (Å²) >= 11 is 9.34. The van der Waals surface area contributed by atoms with Gasteiger partial charge in [0.05, 0.1) is 15.2 Å². The van der Waals surface area contributed by atoms with Gasteiger partial charge in [0, 0.05) is 12.5 Å². The molecule has 0 fully saturated rings. The predicted octanol–water partition coefficient (Wildman–Crippen LogP) is 3.04. The van der Waals surface area contributed by atoms with Gasteiger partial charge in [-0.2, -0.15) is 0 Å². The highest BCUT2D eigenvalue weighted by molar-refractivity contribution is 9.10. The van der Waals surface area contributed by atoms with Crippen LogP contribution in [0, 0.1) is 0 Å². The van der Waals surface area contributed by atoms with Crippen molar-refractivity contribution in [2.75, 3.05) is 5.32 Å². The highest BCUT2D eigenvalue weighted by atomic mass is 79.9. The van der Waals surface area contributed by atoms with Crippen LogP contribution in [0.5, 0.6) is 0 Å². The third kappa shape index (κ3) is 3.57. The van der Waals surface area contributed by atoms with Gasteiger partial charge < -0.3 is 16.3 Å². The molecule has 4 nitrogen and oxygen atoms in total. The van der Waals surface area contributed by atoms with E-state index >= 15 is 0 Å². The Morgan fingerprint density at radius 1 is 1.69 bits per heavy atom. The molecule has 0 spiro atoms. The van der Waals surface area contributed by atoms with Gasteiger partial charge in [0.2, 0.25) is 0 Å². The molecular formula is C10H13BrClN3O. The molecule has 0 aromatic heterocycles. The summed E-state index contributed by atoms with van der Waals surface area (Å²) in [4.78, 5) is 0. The summed E-state index contributed by atoms with van der Waals surface area (Å²) in [6, 6.07) is 5.60. The molecule has 1 rings (SSSR count). The van der Waals surface area contributed by atoms with E-state index in [0.29, 0.717) is 11.4 Å². The number of nitrogens with two attached hydrogens (primary N) is 1. The molecule has 0 bridgehead atoms. The number of oxime groups is 1. The highest BCUT2D eigenvalue weighted by Crippen LogP contribution is 2.30. The standard InChI is InChI=1S/C10H13BrClN3O/c1-6(5-9(13)15-16)14-8-4-2-3-7(12)10(8)11/h2-4,6,14,16H,5H2,1H3,(H2,13,15). The largest absolute Gasteiger partial charge is 0.409 e. The van der Waals surface area contributed by atoms with Crippen LogP contribution in [-0.4, -0.2) is 17.1 Å². The molecule has 0 aliphatic carbocycles. The SMILES string of the molecule is CC(C/C(N)=N/O)Nc1cccc(Cl)c1Br. The van der Waals surface area contributed by atoms with Crippen molar-refractivity contribution in [2.24, 2.45) is 10.9 Å². The molecule has 0 saturated heterocycles. The maximum atomic E-state index is 8.45. The van der Waals surface area contributed by atoms with Crippen LogP contribution in [0.3, 0.4) is 0 Å². The van der Waals surface area contributed by atoms with Crippen LogP contribution in [0.4, 0.5) is 5.69 Å². The van der Waals surface area contributed by atoms with E-state index in [1.807, 2.05) is 19.1 Å². The van der Waals surface area contributed by atoms with Crippen molar-refractivity contribution in [1.29, 1.82) is 0 Å². The minimum Gasteiger partial charge on any atom is -0.409 e. The minimum absolute atomic E-state index is 0.0469. The molecule has 0 amide bonds. The summed E-state index contributed by atoms with van der Waals surface area (Å²) < 4.78 is 0.808. The Morgan fingerprint density at radius 3 is 3.00 bits per heavy atom. The second kappa shape index (κ2) is 5.96. The smallest absolute Gasteiger partial charge is 0.141 e. The van der Waals surface area contributed by atoms with Crippen molar-refractivity contribution in [3.8, 4) is 0 Å². The van der Waals surface area contributed by atoms with Crippen molar-refractivity contribution >= 4 is 39.1 Å². The summed E-state index contributed by atoms with van der Waals surface area (Å²) in [5, 5.41) is 15.2. The first-order valence-electron chi connectivity index (χ1n) is 4.71. The second-order valence-corrected chi connectivity index (χ2v) is 4.64. The van der Waals surface area contributed by atoms with Crippen molar-refractivity contribution < 1.29 is 5.21 Å². The molecule has 16 heavy (non-hydrogen) atoms. The third-order valence-electron chi connectivity index (χ3n) is 2.00. The minimum atomic E-state index is 0.0469. The number of hydrogen-bond donors (Lipinski definition) is 3. The number of nitrogens with zero attached hydrogens (tertiary/aromatic N) is 1. The highest BCUT2D eigenvalue weighted by Gasteiger charge is 2.08. The van der Waals surface area contributed by atoms with Gasteiger partial charge in [0.1, 0.15) is 5.84 Å². The molecular weight excluding hydrogens is 293 g/mol. The molecule has 1 atom stereocenters. The Hall–Kier alpha value is -0.940. The summed E-state index contributed by atoms with van der Waals surface area (Å²) in [7, 11) is 0. The van der Waals surface area contributed by atoms with Crippen LogP contribution >= 0.6 is 27.5 Å². The second-order valence-electron chi connectivity index (χ2n) is 3.44. The molecule has 6 heteroatoms. The van der Waals surface area contributed by atoms with Gasteiger partial charge in [-0.1, -0.05) is 22.8 Å². The molecule has 0 saturated carbocycles. The van der Waals surface area contributed by atoms with Gasteiger partial charge >= 0.3 is 0 Å². The zero-order valence-corrected chi connectivity index (χ0v) is 11.1. The zero-order chi connectivity index (χ0) is 12.1. The van der Waals surface area contributed by atoms with Crippen LogP contribution in [-0.2, 0) is 0 Å². The molecule has 0 heterocycles. The van der Waals surface area contributed by atoms with E-state index in [-0.39, 0.29) is 11.9 Å². The number of benzene rings is 1. The third-order valence-corrected chi connectivity index (χ3v) is 3.39. The first-order chi connectivity index (χ1) is 7.54. The van der Waals surface area contributed by atoms with Crippen LogP contribution in [0.15, 0.2) is 27.8 Å². The van der Waals surface area contributed by atoms with Crippen molar-refractivity contribution in [3.05, 3.63) is 27.7 Å². The quantitative estimate of drug-likeness (QED) is 0.346. The Morgan fingerprint density at radius 2 is 2.38 bits per heavy atom. The molecule has 1 aromatic rings. The Labute approximate surface area is 108 Å². The van der Waals surface area contributed by atoms with Gasteiger partial charge in [-0.3, -0.25) is 0 Å². The summed E-state index contributed by atoms with van der Waals surface area (Å²) in [6.07, 6.45) is 0.454. The lowest BCUT2D eigenvalue weighted by molar-refractivity contribution is 0.316. The number of halogens is 2. The van der Waals surface area contributed by atoms with Gasteiger partial charge in [-0.15, -0.1) is 0 Å². The molecule has 0 aliphatic heterocycles. The first-order valence-corrected chi connectivity index (χ1v) is 5.88. The van der Waals surface area contributed by atoms with Gasteiger partial charge in [0.25, 0.3) is 0 Å². The molecule has 4 N–H and O–H groups in total. The average Bonchev–Trinajstić information content (AvgIpc) is 2.24. The molecule has 0 aliphatic rings. The van der Waals surface area contributed by atoms with E-state index in [2.05, 4.69) is 26.4 Å².